The number of nitrogens with one attached hydrogen (secondary N) is 1. The lowest BCUT2D eigenvalue weighted by molar-refractivity contribution is -0.116. The second-order valence-corrected chi connectivity index (χ2v) is 6.41. The molecule has 1 heterocycles. The van der Waals surface area contributed by atoms with Gasteiger partial charge in [-0.2, -0.15) is 0 Å². The molecule has 3 N–H and O–H groups in total. The van der Waals surface area contributed by atoms with Crippen LogP contribution in [0.15, 0.2) is 17.0 Å². The van der Waals surface area contributed by atoms with Crippen LogP contribution in [0.2, 0.25) is 5.02 Å². The van der Waals surface area contributed by atoms with Crippen molar-refractivity contribution < 1.29 is 4.79 Å². The van der Waals surface area contributed by atoms with Gasteiger partial charge in [-0.15, -0.1) is 11.8 Å². The van der Waals surface area contributed by atoms with Crippen LogP contribution >= 0.6 is 23.4 Å². The first-order chi connectivity index (χ1) is 8.49. The Morgan fingerprint density at radius 2 is 2.22 bits per heavy atom. The molecule has 0 bridgehead atoms. The van der Waals surface area contributed by atoms with E-state index in [2.05, 4.69) is 19.2 Å². The monoisotopic (exact) mass is 284 g/mol. The van der Waals surface area contributed by atoms with Gasteiger partial charge in [-0.05, 0) is 30.2 Å². The molecule has 1 aliphatic heterocycles. The average Bonchev–Trinajstić information content (AvgIpc) is 2.55. The molecule has 1 aromatic carbocycles. The summed E-state index contributed by atoms with van der Waals surface area (Å²) in [4.78, 5) is 12.5. The lowest BCUT2D eigenvalue weighted by Gasteiger charge is -2.09. The first-order valence-electron chi connectivity index (χ1n) is 6.01. The van der Waals surface area contributed by atoms with Crippen LogP contribution in [0.3, 0.4) is 0 Å². The second kappa shape index (κ2) is 5.51. The Morgan fingerprint density at radius 3 is 2.89 bits per heavy atom. The molecule has 0 saturated carbocycles. The summed E-state index contributed by atoms with van der Waals surface area (Å²) in [5.41, 5.74) is 7.36. The maximum Gasteiger partial charge on any atom is 0.245 e. The van der Waals surface area contributed by atoms with Gasteiger partial charge in [0, 0.05) is 16.1 Å². The van der Waals surface area contributed by atoms with Gasteiger partial charge < -0.3 is 11.1 Å². The minimum atomic E-state index is -0.591. The highest BCUT2D eigenvalue weighted by atomic mass is 35.5. The van der Waals surface area contributed by atoms with Gasteiger partial charge in [0.15, 0.2) is 0 Å². The molecular formula is C13H17ClN2OS. The Hall–Kier alpha value is -0.710. The van der Waals surface area contributed by atoms with E-state index >= 15 is 0 Å². The van der Waals surface area contributed by atoms with E-state index < -0.39 is 6.04 Å². The van der Waals surface area contributed by atoms with E-state index in [0.29, 0.717) is 10.9 Å². The molecule has 1 atom stereocenters. The minimum Gasteiger partial charge on any atom is -0.324 e. The molecule has 1 unspecified atom stereocenters. The number of halogens is 1. The smallest absolute Gasteiger partial charge is 0.245 e. The van der Waals surface area contributed by atoms with Crippen molar-refractivity contribution in [2.45, 2.75) is 31.2 Å². The molecule has 1 aromatic rings. The first kappa shape index (κ1) is 13.7. The van der Waals surface area contributed by atoms with Gasteiger partial charge in [0.1, 0.15) is 6.04 Å². The van der Waals surface area contributed by atoms with Crippen LogP contribution < -0.4 is 11.1 Å². The standard InChI is InChI=1S/C13H17ClN2OS/c1-7(2)3-4-18-11-6-10-8(5-9(11)14)12(15)13(17)16-10/h5-7,12H,3-4,15H2,1-2H3,(H,16,17). The van der Waals surface area contributed by atoms with Crippen LogP contribution in [-0.2, 0) is 4.79 Å². The van der Waals surface area contributed by atoms with Crippen molar-refractivity contribution in [3.8, 4) is 0 Å². The molecule has 0 aromatic heterocycles. The summed E-state index contributed by atoms with van der Waals surface area (Å²) >= 11 is 7.94. The largest absolute Gasteiger partial charge is 0.324 e. The molecule has 18 heavy (non-hydrogen) atoms. The highest BCUT2D eigenvalue weighted by Crippen LogP contribution is 2.38. The minimum absolute atomic E-state index is 0.162. The number of hydrogen-bond acceptors (Lipinski definition) is 3. The van der Waals surface area contributed by atoms with E-state index in [1.54, 1.807) is 17.8 Å². The predicted octanol–water partition coefficient (Wildman–Crippen LogP) is 3.43. The zero-order valence-electron chi connectivity index (χ0n) is 10.5. The van der Waals surface area contributed by atoms with Gasteiger partial charge in [-0.1, -0.05) is 25.4 Å². The normalized spacial score (nSPS) is 18.1. The fourth-order valence-corrected chi connectivity index (χ4v) is 3.34. The van der Waals surface area contributed by atoms with Crippen molar-refractivity contribution in [3.05, 3.63) is 22.7 Å². The number of nitrogens with two attached hydrogens (primary N) is 1. The third-order valence-corrected chi connectivity index (χ3v) is 4.45. The summed E-state index contributed by atoms with van der Waals surface area (Å²) in [7, 11) is 0. The summed E-state index contributed by atoms with van der Waals surface area (Å²) < 4.78 is 0. The van der Waals surface area contributed by atoms with Crippen molar-refractivity contribution in [1.82, 2.24) is 0 Å². The van der Waals surface area contributed by atoms with Crippen LogP contribution in [0.4, 0.5) is 5.69 Å². The van der Waals surface area contributed by atoms with Crippen molar-refractivity contribution in [2.24, 2.45) is 11.7 Å². The summed E-state index contributed by atoms with van der Waals surface area (Å²) in [6, 6.07) is 3.14. The molecule has 0 fully saturated rings. The molecule has 5 heteroatoms. The molecule has 0 saturated heterocycles. The van der Waals surface area contributed by atoms with Crippen molar-refractivity contribution in [1.29, 1.82) is 0 Å². The van der Waals surface area contributed by atoms with Crippen LogP contribution in [0.25, 0.3) is 0 Å². The fourth-order valence-electron chi connectivity index (χ4n) is 1.80. The van der Waals surface area contributed by atoms with Gasteiger partial charge in [0.05, 0.1) is 5.02 Å². The van der Waals surface area contributed by atoms with E-state index in [1.165, 1.54) is 0 Å². The molecule has 3 nitrogen and oxygen atoms in total. The molecule has 2 rings (SSSR count). The third-order valence-electron chi connectivity index (χ3n) is 2.93. The van der Waals surface area contributed by atoms with Crippen molar-refractivity contribution in [3.63, 3.8) is 0 Å². The summed E-state index contributed by atoms with van der Waals surface area (Å²) in [6.45, 7) is 4.40. The van der Waals surface area contributed by atoms with E-state index in [1.807, 2.05) is 6.07 Å². The summed E-state index contributed by atoms with van der Waals surface area (Å²) in [5.74, 6) is 1.54. The van der Waals surface area contributed by atoms with Gasteiger partial charge in [-0.3, -0.25) is 4.79 Å². The highest BCUT2D eigenvalue weighted by molar-refractivity contribution is 7.99. The number of carbonyl (C=O) groups excluding carboxylic acids is 1. The summed E-state index contributed by atoms with van der Waals surface area (Å²) in [6.07, 6.45) is 1.14. The number of carbonyl (C=O) groups is 1. The lowest BCUT2D eigenvalue weighted by Crippen LogP contribution is -2.19. The van der Waals surface area contributed by atoms with Crippen LogP contribution in [0.1, 0.15) is 31.9 Å². The maximum atomic E-state index is 11.5. The number of anilines is 1. The fraction of sp³-hybridized carbons (Fsp3) is 0.462. The zero-order chi connectivity index (χ0) is 13.3. The molecule has 1 aliphatic rings. The van der Waals surface area contributed by atoms with Crippen molar-refractivity contribution in [2.75, 3.05) is 11.1 Å². The molecule has 0 radical (unpaired) electrons. The SMILES string of the molecule is CC(C)CCSc1cc2c(cc1Cl)C(N)C(=O)N2. The van der Waals surface area contributed by atoms with E-state index in [0.717, 1.165) is 28.3 Å². The quantitative estimate of drug-likeness (QED) is 0.833. The maximum absolute atomic E-state index is 11.5. The number of amides is 1. The average molecular weight is 285 g/mol. The predicted molar refractivity (Wildman–Crippen MR) is 77.2 cm³/mol. The molecule has 0 spiro atoms. The number of rotatable bonds is 4. The van der Waals surface area contributed by atoms with Crippen LogP contribution in [0.5, 0.6) is 0 Å². The van der Waals surface area contributed by atoms with E-state index in [9.17, 15) is 4.79 Å². The van der Waals surface area contributed by atoms with Gasteiger partial charge in [-0.25, -0.2) is 0 Å². The number of benzene rings is 1. The third kappa shape index (κ3) is 2.82. The van der Waals surface area contributed by atoms with E-state index in [-0.39, 0.29) is 5.91 Å². The molecular weight excluding hydrogens is 268 g/mol. The summed E-state index contributed by atoms with van der Waals surface area (Å²) in [5, 5.41) is 3.45. The van der Waals surface area contributed by atoms with Gasteiger partial charge >= 0.3 is 0 Å². The Labute approximate surface area is 116 Å². The Morgan fingerprint density at radius 1 is 1.50 bits per heavy atom. The Bertz CT molecular complexity index is 476. The molecule has 1 amide bonds. The molecule has 98 valence electrons. The Kier molecular flexibility index (Phi) is 4.20. The first-order valence-corrected chi connectivity index (χ1v) is 7.38. The van der Waals surface area contributed by atoms with Gasteiger partial charge in [0.25, 0.3) is 0 Å². The van der Waals surface area contributed by atoms with E-state index in [4.69, 9.17) is 17.3 Å². The second-order valence-electron chi connectivity index (χ2n) is 4.87. The van der Waals surface area contributed by atoms with Crippen molar-refractivity contribution >= 4 is 35.0 Å². The van der Waals surface area contributed by atoms with Crippen LogP contribution in [0, 0.1) is 5.92 Å². The number of hydrogen-bond donors (Lipinski definition) is 2. The van der Waals surface area contributed by atoms with Gasteiger partial charge in [0.2, 0.25) is 5.91 Å². The molecule has 0 aliphatic carbocycles. The zero-order valence-corrected chi connectivity index (χ0v) is 12.1. The number of fused-ring (bicyclic) bond motifs is 1. The topological polar surface area (TPSA) is 55.1 Å². The Balaban J connectivity index is 2.14. The lowest BCUT2D eigenvalue weighted by atomic mass is 10.1. The highest BCUT2D eigenvalue weighted by Gasteiger charge is 2.28. The van der Waals surface area contributed by atoms with Crippen LogP contribution in [-0.4, -0.2) is 11.7 Å². The number of thioether (sulfide) groups is 1.